The molecule has 1 aliphatic rings. The van der Waals surface area contributed by atoms with Gasteiger partial charge in [0.2, 0.25) is 0 Å². The number of halogens is 1. The monoisotopic (exact) mass is 339 g/mol. The van der Waals surface area contributed by atoms with Crippen LogP contribution in [0.25, 0.3) is 11.2 Å². The predicted molar refractivity (Wildman–Crippen MR) is 94.6 cm³/mol. The number of fused-ring (bicyclic) bond motifs is 2. The number of benzene rings is 1. The zero-order chi connectivity index (χ0) is 17.6. The summed E-state index contributed by atoms with van der Waals surface area (Å²) >= 11 is 0. The van der Waals surface area contributed by atoms with Gasteiger partial charge in [-0.3, -0.25) is 4.79 Å². The van der Waals surface area contributed by atoms with Crippen LogP contribution in [-0.2, 0) is 6.42 Å². The van der Waals surface area contributed by atoms with E-state index in [9.17, 15) is 9.18 Å². The van der Waals surface area contributed by atoms with E-state index in [0.29, 0.717) is 35.5 Å². The first-order valence-corrected chi connectivity index (χ1v) is 8.24. The molecule has 0 spiro atoms. The molecule has 128 valence electrons. The van der Waals surface area contributed by atoms with E-state index < -0.39 is 0 Å². The molecule has 3 aromatic rings. The van der Waals surface area contributed by atoms with Crippen molar-refractivity contribution in [3.8, 4) is 0 Å². The highest BCUT2D eigenvalue weighted by Crippen LogP contribution is 2.34. The highest BCUT2D eigenvalue weighted by Gasteiger charge is 2.28. The number of aryl methyl sites for hydroxylation is 1. The lowest BCUT2D eigenvalue weighted by Gasteiger charge is -2.35. The number of hydrogen-bond acceptors (Lipinski definition) is 4. The minimum atomic E-state index is -0.360. The largest absolute Gasteiger partial charge is 0.371 e. The van der Waals surface area contributed by atoms with Crippen molar-refractivity contribution in [2.24, 2.45) is 0 Å². The summed E-state index contributed by atoms with van der Waals surface area (Å²) in [5.74, 6) is 0.243. The summed E-state index contributed by atoms with van der Waals surface area (Å²) in [6.07, 6.45) is 2.31. The van der Waals surface area contributed by atoms with Crippen molar-refractivity contribution in [3.05, 3.63) is 47.7 Å². The van der Waals surface area contributed by atoms with E-state index >= 15 is 0 Å². The van der Waals surface area contributed by atoms with Gasteiger partial charge in [-0.2, -0.15) is 0 Å². The molecule has 4 rings (SSSR count). The van der Waals surface area contributed by atoms with Crippen LogP contribution in [0.15, 0.2) is 30.5 Å². The number of nitrogens with one attached hydrogen (secondary N) is 1. The number of amides is 1. The van der Waals surface area contributed by atoms with E-state index in [4.69, 9.17) is 0 Å². The van der Waals surface area contributed by atoms with Gasteiger partial charge in [-0.25, -0.2) is 14.4 Å². The molecule has 7 heteroatoms. The van der Waals surface area contributed by atoms with Gasteiger partial charge in [0.05, 0.1) is 22.5 Å². The third-order valence-corrected chi connectivity index (χ3v) is 4.55. The Kier molecular flexibility index (Phi) is 3.63. The van der Waals surface area contributed by atoms with E-state index in [0.717, 1.165) is 17.9 Å². The Morgan fingerprint density at radius 3 is 2.92 bits per heavy atom. The zero-order valence-corrected chi connectivity index (χ0v) is 14.1. The van der Waals surface area contributed by atoms with Gasteiger partial charge in [0, 0.05) is 32.8 Å². The molecule has 0 bridgehead atoms. The van der Waals surface area contributed by atoms with Crippen molar-refractivity contribution >= 4 is 28.4 Å². The second-order valence-corrected chi connectivity index (χ2v) is 6.11. The van der Waals surface area contributed by atoms with Crippen LogP contribution in [0.3, 0.4) is 0 Å². The summed E-state index contributed by atoms with van der Waals surface area (Å²) in [6.45, 7) is 3.16. The number of carbonyl (C=O) groups is 1. The Hall–Kier alpha value is -2.96. The van der Waals surface area contributed by atoms with Gasteiger partial charge in [0.15, 0.2) is 5.65 Å². The smallest absolute Gasteiger partial charge is 0.260 e. The molecule has 1 amide bonds. The molecule has 1 N–H and O–H groups in total. The van der Waals surface area contributed by atoms with Crippen molar-refractivity contribution in [2.45, 2.75) is 13.3 Å². The zero-order valence-electron chi connectivity index (χ0n) is 14.1. The van der Waals surface area contributed by atoms with Crippen molar-refractivity contribution in [1.82, 2.24) is 15.0 Å². The molecule has 0 unspecified atom stereocenters. The van der Waals surface area contributed by atoms with Gasteiger partial charge in [0.25, 0.3) is 5.91 Å². The average molecular weight is 339 g/mol. The summed E-state index contributed by atoms with van der Waals surface area (Å²) in [4.78, 5) is 28.6. The van der Waals surface area contributed by atoms with Crippen molar-refractivity contribution in [1.29, 1.82) is 0 Å². The summed E-state index contributed by atoms with van der Waals surface area (Å²) in [6, 6.07) is 6.21. The molecular weight excluding hydrogens is 321 g/mol. The standard InChI is InChI=1S/C18H18FN5O/c1-3-15-21-16-12(6-7-20-17(16)22-15)18(25)24-9-8-23(2)13-5-4-11(19)10-14(13)24/h4-7,10H,3,8-9H2,1-2H3,(H,20,21,22). The van der Waals surface area contributed by atoms with E-state index in [1.165, 1.54) is 12.1 Å². The molecule has 1 aromatic carbocycles. The number of rotatable bonds is 2. The molecule has 2 aromatic heterocycles. The third-order valence-electron chi connectivity index (χ3n) is 4.55. The second-order valence-electron chi connectivity index (χ2n) is 6.11. The number of H-pyrrole nitrogens is 1. The lowest BCUT2D eigenvalue weighted by Crippen LogP contribution is -2.42. The van der Waals surface area contributed by atoms with Crippen LogP contribution in [0.2, 0.25) is 0 Å². The highest BCUT2D eigenvalue weighted by atomic mass is 19.1. The van der Waals surface area contributed by atoms with Crippen LogP contribution in [0.4, 0.5) is 15.8 Å². The van der Waals surface area contributed by atoms with E-state index in [-0.39, 0.29) is 11.7 Å². The first-order chi connectivity index (χ1) is 12.1. The molecule has 0 saturated heterocycles. The minimum absolute atomic E-state index is 0.182. The molecule has 0 fully saturated rings. The number of imidazole rings is 1. The van der Waals surface area contributed by atoms with E-state index in [1.807, 2.05) is 18.9 Å². The molecular formula is C18H18FN5O. The van der Waals surface area contributed by atoms with Crippen molar-refractivity contribution < 1.29 is 9.18 Å². The van der Waals surface area contributed by atoms with Crippen LogP contribution in [0.5, 0.6) is 0 Å². The van der Waals surface area contributed by atoms with Crippen LogP contribution < -0.4 is 9.80 Å². The van der Waals surface area contributed by atoms with Gasteiger partial charge < -0.3 is 14.8 Å². The number of pyridine rings is 1. The number of nitrogens with zero attached hydrogens (tertiary/aromatic N) is 4. The fourth-order valence-corrected chi connectivity index (χ4v) is 3.19. The molecule has 3 heterocycles. The molecule has 1 aliphatic heterocycles. The third kappa shape index (κ3) is 2.52. The summed E-state index contributed by atoms with van der Waals surface area (Å²) in [5.41, 5.74) is 3.07. The number of likely N-dealkylation sites (N-methyl/N-ethyl adjacent to an activating group) is 1. The molecule has 0 radical (unpaired) electrons. The van der Waals surface area contributed by atoms with E-state index in [1.54, 1.807) is 23.2 Å². The first-order valence-electron chi connectivity index (χ1n) is 8.24. The Morgan fingerprint density at radius 1 is 1.28 bits per heavy atom. The van der Waals surface area contributed by atoms with Crippen molar-refractivity contribution in [3.63, 3.8) is 0 Å². The van der Waals surface area contributed by atoms with Crippen LogP contribution in [-0.4, -0.2) is 41.0 Å². The predicted octanol–water partition coefficient (Wildman–Crippen LogP) is 2.76. The Bertz CT molecular complexity index is 967. The topological polar surface area (TPSA) is 65.1 Å². The van der Waals surface area contributed by atoms with Gasteiger partial charge in [-0.1, -0.05) is 6.92 Å². The number of carbonyl (C=O) groups excluding carboxylic acids is 1. The molecule has 0 atom stereocenters. The summed E-state index contributed by atoms with van der Waals surface area (Å²) in [5, 5.41) is 0. The van der Waals surface area contributed by atoms with Gasteiger partial charge in [0.1, 0.15) is 11.6 Å². The van der Waals surface area contributed by atoms with Gasteiger partial charge in [-0.05, 0) is 24.3 Å². The fourth-order valence-electron chi connectivity index (χ4n) is 3.19. The first kappa shape index (κ1) is 15.6. The SMILES string of the molecule is CCc1nc2nccc(C(=O)N3CCN(C)c4ccc(F)cc43)c2[nH]1. The number of aromatic nitrogens is 3. The molecule has 0 aliphatic carbocycles. The van der Waals surface area contributed by atoms with Crippen LogP contribution in [0.1, 0.15) is 23.1 Å². The van der Waals surface area contributed by atoms with Gasteiger partial charge in [-0.15, -0.1) is 0 Å². The maximum Gasteiger partial charge on any atom is 0.260 e. The maximum absolute atomic E-state index is 13.8. The highest BCUT2D eigenvalue weighted by molar-refractivity contribution is 6.13. The number of aromatic amines is 1. The molecule has 0 saturated carbocycles. The van der Waals surface area contributed by atoms with Crippen molar-refractivity contribution in [2.75, 3.05) is 29.9 Å². The number of anilines is 2. The second kappa shape index (κ2) is 5.84. The molecule has 6 nitrogen and oxygen atoms in total. The fraction of sp³-hybridized carbons (Fsp3) is 0.278. The Labute approximate surface area is 144 Å². The average Bonchev–Trinajstić information content (AvgIpc) is 3.04. The van der Waals surface area contributed by atoms with Crippen LogP contribution >= 0.6 is 0 Å². The lowest BCUT2D eigenvalue weighted by atomic mass is 10.1. The number of hydrogen-bond donors (Lipinski definition) is 1. The quantitative estimate of drug-likeness (QED) is 0.780. The summed E-state index contributed by atoms with van der Waals surface area (Å²) < 4.78 is 13.8. The minimum Gasteiger partial charge on any atom is -0.371 e. The maximum atomic E-state index is 13.8. The molecule has 25 heavy (non-hydrogen) atoms. The summed E-state index contributed by atoms with van der Waals surface area (Å²) in [7, 11) is 1.94. The van der Waals surface area contributed by atoms with E-state index in [2.05, 4.69) is 15.0 Å². The van der Waals surface area contributed by atoms with Crippen LogP contribution in [0, 0.1) is 5.82 Å². The normalized spacial score (nSPS) is 14.0. The lowest BCUT2D eigenvalue weighted by molar-refractivity contribution is 0.0988. The van der Waals surface area contributed by atoms with Gasteiger partial charge >= 0.3 is 0 Å². The Balaban J connectivity index is 1.81. The Morgan fingerprint density at radius 2 is 2.12 bits per heavy atom.